The van der Waals surface area contributed by atoms with Crippen LogP contribution in [0.3, 0.4) is 0 Å². The summed E-state index contributed by atoms with van der Waals surface area (Å²) in [5, 5.41) is 23.6. The van der Waals surface area contributed by atoms with E-state index in [1.807, 2.05) is 30.3 Å². The van der Waals surface area contributed by atoms with Crippen LogP contribution in [0, 0.1) is 5.82 Å². The van der Waals surface area contributed by atoms with Crippen molar-refractivity contribution in [1.29, 1.82) is 0 Å². The number of aromatic nitrogens is 1. The maximum atomic E-state index is 13.7. The number of halogens is 2. The molecular weight excluding hydrogens is 461 g/mol. The molecule has 0 aliphatic rings. The molecule has 0 aliphatic heterocycles. The van der Waals surface area contributed by atoms with Crippen molar-refractivity contribution in [3.8, 4) is 11.3 Å². The van der Waals surface area contributed by atoms with Crippen molar-refractivity contribution in [2.24, 2.45) is 5.73 Å². The number of benzene rings is 2. The second kappa shape index (κ2) is 10.5. The fraction of sp³-hybridized carbons (Fsp3) is 0.280. The number of pyridine rings is 1. The first-order valence-corrected chi connectivity index (χ1v) is 11.0. The topological polar surface area (TPSA) is 118 Å². The van der Waals surface area contributed by atoms with Crippen LogP contribution in [0.4, 0.5) is 9.18 Å². The van der Waals surface area contributed by atoms with Crippen LogP contribution < -0.4 is 11.1 Å². The Hall–Kier alpha value is -3.04. The Balaban J connectivity index is 1.97. The maximum absolute atomic E-state index is 13.7. The summed E-state index contributed by atoms with van der Waals surface area (Å²) in [6.07, 6.45) is -0.740. The number of nitrogens with one attached hydrogen (secondary N) is 1. The Morgan fingerprint density at radius 3 is 2.50 bits per heavy atom. The summed E-state index contributed by atoms with van der Waals surface area (Å²) in [6.45, 7) is 2.55. The number of aliphatic hydroxyl groups excluding tert-OH is 1. The van der Waals surface area contributed by atoms with Crippen molar-refractivity contribution in [2.75, 3.05) is 13.2 Å². The SMILES string of the molecule is CC(O)(CN)c1cc(C(C)(CO)NC(=O)OCc2ccccc2)cc(-c2ccc(F)c(Cl)c2)n1. The molecule has 9 heteroatoms. The molecule has 5 N–H and O–H groups in total. The molecule has 0 aliphatic carbocycles. The first-order valence-electron chi connectivity index (χ1n) is 10.6. The van der Waals surface area contributed by atoms with Crippen LogP contribution in [-0.2, 0) is 22.5 Å². The van der Waals surface area contributed by atoms with E-state index in [9.17, 15) is 19.4 Å². The van der Waals surface area contributed by atoms with E-state index in [0.29, 0.717) is 16.8 Å². The van der Waals surface area contributed by atoms with E-state index in [2.05, 4.69) is 10.3 Å². The van der Waals surface area contributed by atoms with Crippen LogP contribution in [0.2, 0.25) is 5.02 Å². The third kappa shape index (κ3) is 5.90. The standard InChI is InChI=1S/C25H27ClFN3O4/c1-24(15-31,30-23(32)34-13-16-6-4-3-5-7-16)18-11-21(17-8-9-20(27)19(26)10-17)29-22(12-18)25(2,33)14-28/h3-12,31,33H,13-15,28H2,1-2H3,(H,30,32). The Bertz CT molecular complexity index is 1160. The quantitative estimate of drug-likeness (QED) is 0.383. The summed E-state index contributed by atoms with van der Waals surface area (Å²) in [4.78, 5) is 17.0. The van der Waals surface area contributed by atoms with E-state index < -0.39 is 29.7 Å². The third-order valence-electron chi connectivity index (χ3n) is 5.53. The normalized spacial score (nSPS) is 14.7. The summed E-state index contributed by atoms with van der Waals surface area (Å²) in [7, 11) is 0. The van der Waals surface area contributed by atoms with Crippen LogP contribution in [0.15, 0.2) is 60.7 Å². The second-order valence-electron chi connectivity index (χ2n) is 8.41. The third-order valence-corrected chi connectivity index (χ3v) is 5.82. The zero-order valence-corrected chi connectivity index (χ0v) is 19.6. The number of carbonyl (C=O) groups is 1. The van der Waals surface area contributed by atoms with E-state index in [-0.39, 0.29) is 23.9 Å². The summed E-state index contributed by atoms with van der Waals surface area (Å²) in [5.41, 5.74) is 5.22. The predicted octanol–water partition coefficient (Wildman–Crippen LogP) is 3.84. The lowest BCUT2D eigenvalue weighted by Gasteiger charge is -2.31. The van der Waals surface area contributed by atoms with E-state index in [4.69, 9.17) is 22.1 Å². The van der Waals surface area contributed by atoms with Gasteiger partial charge in [0.2, 0.25) is 0 Å². The van der Waals surface area contributed by atoms with Gasteiger partial charge in [-0.1, -0.05) is 41.9 Å². The van der Waals surface area contributed by atoms with Crippen molar-refractivity contribution in [2.45, 2.75) is 31.6 Å². The van der Waals surface area contributed by atoms with Gasteiger partial charge >= 0.3 is 6.09 Å². The highest BCUT2D eigenvalue weighted by Gasteiger charge is 2.32. The average molecular weight is 488 g/mol. The number of amides is 1. The summed E-state index contributed by atoms with van der Waals surface area (Å²) in [5.74, 6) is -0.584. The molecule has 2 atom stereocenters. The Morgan fingerprint density at radius 2 is 1.88 bits per heavy atom. The van der Waals surface area contributed by atoms with Crippen LogP contribution in [0.1, 0.15) is 30.7 Å². The lowest BCUT2D eigenvalue weighted by Crippen LogP contribution is -2.47. The molecular formula is C25H27ClFN3O4. The van der Waals surface area contributed by atoms with Crippen LogP contribution in [-0.4, -0.2) is 34.4 Å². The molecule has 3 aromatic rings. The lowest BCUT2D eigenvalue weighted by atomic mass is 9.89. The highest BCUT2D eigenvalue weighted by Crippen LogP contribution is 2.31. The van der Waals surface area contributed by atoms with Gasteiger partial charge in [0, 0.05) is 12.1 Å². The number of carbonyl (C=O) groups excluding carboxylic acids is 1. The van der Waals surface area contributed by atoms with Crippen molar-refractivity contribution >= 4 is 17.7 Å². The number of nitrogens with two attached hydrogens (primary N) is 1. The van der Waals surface area contributed by atoms with Gasteiger partial charge in [-0.25, -0.2) is 14.2 Å². The molecule has 2 unspecified atom stereocenters. The predicted molar refractivity (Wildman–Crippen MR) is 127 cm³/mol. The van der Waals surface area contributed by atoms with Gasteiger partial charge in [-0.05, 0) is 55.3 Å². The van der Waals surface area contributed by atoms with E-state index in [0.717, 1.165) is 5.56 Å². The van der Waals surface area contributed by atoms with Crippen molar-refractivity contribution in [3.05, 3.63) is 88.3 Å². The van der Waals surface area contributed by atoms with Gasteiger partial charge in [0.05, 0.1) is 28.6 Å². The molecule has 0 radical (unpaired) electrons. The van der Waals surface area contributed by atoms with E-state index in [1.165, 1.54) is 25.1 Å². The van der Waals surface area contributed by atoms with Gasteiger partial charge in [0.1, 0.15) is 18.0 Å². The first kappa shape index (κ1) is 25.6. The number of nitrogens with zero attached hydrogens (tertiary/aromatic N) is 1. The number of aliphatic hydroxyl groups is 2. The average Bonchev–Trinajstić information content (AvgIpc) is 2.84. The zero-order chi connectivity index (χ0) is 24.9. The number of hydrogen-bond acceptors (Lipinski definition) is 6. The number of hydrogen-bond donors (Lipinski definition) is 4. The fourth-order valence-electron chi connectivity index (χ4n) is 3.22. The Kier molecular flexibility index (Phi) is 7.89. The molecule has 0 spiro atoms. The molecule has 0 saturated carbocycles. The molecule has 1 heterocycles. The molecule has 0 bridgehead atoms. The number of rotatable bonds is 8. The largest absolute Gasteiger partial charge is 0.445 e. The van der Waals surface area contributed by atoms with Crippen LogP contribution in [0.25, 0.3) is 11.3 Å². The summed E-state index contributed by atoms with van der Waals surface area (Å²) in [6, 6.07) is 16.4. The van der Waals surface area contributed by atoms with Crippen LogP contribution in [0.5, 0.6) is 0 Å². The van der Waals surface area contributed by atoms with Gasteiger partial charge < -0.3 is 26.0 Å². The van der Waals surface area contributed by atoms with Gasteiger partial charge in [-0.2, -0.15) is 0 Å². The zero-order valence-electron chi connectivity index (χ0n) is 18.9. The van der Waals surface area contributed by atoms with Gasteiger partial charge in [-0.3, -0.25) is 0 Å². The minimum Gasteiger partial charge on any atom is -0.445 e. The molecule has 0 fully saturated rings. The van der Waals surface area contributed by atoms with Crippen molar-refractivity contribution < 1.29 is 24.1 Å². The maximum Gasteiger partial charge on any atom is 0.408 e. The summed E-state index contributed by atoms with van der Waals surface area (Å²) < 4.78 is 19.0. The van der Waals surface area contributed by atoms with Gasteiger partial charge in [0.25, 0.3) is 0 Å². The molecule has 180 valence electrons. The van der Waals surface area contributed by atoms with Crippen LogP contribution >= 0.6 is 11.6 Å². The Labute approximate surface area is 202 Å². The smallest absolute Gasteiger partial charge is 0.408 e. The lowest BCUT2D eigenvalue weighted by molar-refractivity contribution is 0.0619. The monoisotopic (exact) mass is 487 g/mol. The van der Waals surface area contributed by atoms with Crippen molar-refractivity contribution in [1.82, 2.24) is 10.3 Å². The molecule has 3 rings (SSSR count). The Morgan fingerprint density at radius 1 is 1.18 bits per heavy atom. The van der Waals surface area contributed by atoms with E-state index >= 15 is 0 Å². The number of ether oxygens (including phenoxy) is 1. The van der Waals surface area contributed by atoms with Crippen molar-refractivity contribution in [3.63, 3.8) is 0 Å². The number of alkyl carbamates (subject to hydrolysis) is 1. The molecule has 7 nitrogen and oxygen atoms in total. The molecule has 2 aromatic carbocycles. The molecule has 0 saturated heterocycles. The fourth-order valence-corrected chi connectivity index (χ4v) is 3.40. The van der Waals surface area contributed by atoms with E-state index in [1.54, 1.807) is 19.1 Å². The minimum absolute atomic E-state index is 0.0526. The minimum atomic E-state index is -1.50. The molecule has 34 heavy (non-hydrogen) atoms. The highest BCUT2D eigenvalue weighted by molar-refractivity contribution is 6.31. The first-order chi connectivity index (χ1) is 16.1. The second-order valence-corrected chi connectivity index (χ2v) is 8.82. The molecule has 1 amide bonds. The molecule has 1 aromatic heterocycles. The summed E-state index contributed by atoms with van der Waals surface area (Å²) >= 11 is 5.95. The highest BCUT2D eigenvalue weighted by atomic mass is 35.5. The van der Waals surface area contributed by atoms with Gasteiger partial charge in [-0.15, -0.1) is 0 Å². The van der Waals surface area contributed by atoms with Gasteiger partial charge in [0.15, 0.2) is 0 Å².